The minimum atomic E-state index is -0.386. The first-order chi connectivity index (χ1) is 6.65. The average molecular weight is 197 g/mol. The Hall–Kier alpha value is -1.12. The molecule has 0 bridgehead atoms. The van der Waals surface area contributed by atoms with Gasteiger partial charge < -0.3 is 10.5 Å². The number of nitriles is 1. The SMILES string of the molecule is CC(C#N)OCCN1CCC1C(N)=O. The Labute approximate surface area is 83.4 Å². The first-order valence-corrected chi connectivity index (χ1v) is 4.69. The van der Waals surface area contributed by atoms with Crippen molar-refractivity contribution in [2.45, 2.75) is 25.5 Å². The van der Waals surface area contributed by atoms with Crippen molar-refractivity contribution in [3.63, 3.8) is 0 Å². The summed E-state index contributed by atoms with van der Waals surface area (Å²) in [4.78, 5) is 12.8. The summed E-state index contributed by atoms with van der Waals surface area (Å²) in [5.41, 5.74) is 5.17. The number of amides is 1. The fourth-order valence-electron chi connectivity index (χ4n) is 1.41. The second kappa shape index (κ2) is 4.94. The third kappa shape index (κ3) is 2.69. The number of primary amides is 1. The summed E-state index contributed by atoms with van der Waals surface area (Å²) in [6.07, 6.45) is 0.451. The zero-order valence-electron chi connectivity index (χ0n) is 8.27. The van der Waals surface area contributed by atoms with Gasteiger partial charge in [-0.3, -0.25) is 9.69 Å². The third-order valence-corrected chi connectivity index (χ3v) is 2.39. The fraction of sp³-hybridized carbons (Fsp3) is 0.778. The monoisotopic (exact) mass is 197 g/mol. The molecule has 0 saturated carbocycles. The number of rotatable bonds is 5. The van der Waals surface area contributed by atoms with Gasteiger partial charge in [-0.1, -0.05) is 0 Å². The maximum atomic E-state index is 10.8. The van der Waals surface area contributed by atoms with Gasteiger partial charge in [-0.05, 0) is 13.3 Å². The van der Waals surface area contributed by atoms with E-state index in [1.807, 2.05) is 11.0 Å². The molecule has 0 aromatic heterocycles. The van der Waals surface area contributed by atoms with E-state index in [-0.39, 0.29) is 18.1 Å². The predicted octanol–water partition coefficient (Wildman–Crippen LogP) is -0.525. The maximum absolute atomic E-state index is 10.8. The largest absolute Gasteiger partial charge is 0.368 e. The molecule has 0 spiro atoms. The molecular weight excluding hydrogens is 182 g/mol. The van der Waals surface area contributed by atoms with Gasteiger partial charge in [-0.15, -0.1) is 0 Å². The number of ether oxygens (including phenoxy) is 1. The second-order valence-corrected chi connectivity index (χ2v) is 3.38. The van der Waals surface area contributed by atoms with E-state index in [1.54, 1.807) is 6.92 Å². The van der Waals surface area contributed by atoms with Crippen LogP contribution in [0.25, 0.3) is 0 Å². The number of carbonyl (C=O) groups is 1. The van der Waals surface area contributed by atoms with E-state index in [2.05, 4.69) is 0 Å². The highest BCUT2D eigenvalue weighted by Gasteiger charge is 2.31. The van der Waals surface area contributed by atoms with Crippen LogP contribution >= 0.6 is 0 Å². The van der Waals surface area contributed by atoms with E-state index < -0.39 is 0 Å². The lowest BCUT2D eigenvalue weighted by Gasteiger charge is -2.38. The number of carbonyl (C=O) groups excluding carboxylic acids is 1. The molecule has 2 atom stereocenters. The third-order valence-electron chi connectivity index (χ3n) is 2.39. The molecule has 0 aromatic rings. The molecule has 5 nitrogen and oxygen atoms in total. The molecule has 2 unspecified atom stereocenters. The van der Waals surface area contributed by atoms with Crippen molar-refractivity contribution >= 4 is 5.91 Å². The van der Waals surface area contributed by atoms with Crippen LogP contribution in [0.5, 0.6) is 0 Å². The molecule has 1 heterocycles. The van der Waals surface area contributed by atoms with E-state index >= 15 is 0 Å². The normalized spacial score (nSPS) is 23.6. The molecular formula is C9H15N3O2. The van der Waals surface area contributed by atoms with Gasteiger partial charge in [0.1, 0.15) is 6.10 Å². The molecule has 14 heavy (non-hydrogen) atoms. The molecule has 1 rings (SSSR count). The molecule has 1 aliphatic rings. The van der Waals surface area contributed by atoms with Crippen molar-refractivity contribution in [2.75, 3.05) is 19.7 Å². The van der Waals surface area contributed by atoms with Crippen molar-refractivity contribution < 1.29 is 9.53 Å². The van der Waals surface area contributed by atoms with E-state index in [9.17, 15) is 4.79 Å². The van der Waals surface area contributed by atoms with E-state index in [1.165, 1.54) is 0 Å². The van der Waals surface area contributed by atoms with Crippen LogP contribution in [0.15, 0.2) is 0 Å². The Morgan fingerprint density at radius 2 is 2.57 bits per heavy atom. The van der Waals surface area contributed by atoms with E-state index in [0.717, 1.165) is 13.0 Å². The number of hydrogen-bond acceptors (Lipinski definition) is 4. The van der Waals surface area contributed by atoms with Crippen molar-refractivity contribution in [1.82, 2.24) is 4.90 Å². The zero-order valence-corrected chi connectivity index (χ0v) is 8.27. The van der Waals surface area contributed by atoms with Crippen LogP contribution in [-0.4, -0.2) is 42.6 Å². The molecule has 0 radical (unpaired) electrons. The highest BCUT2D eigenvalue weighted by Crippen LogP contribution is 2.15. The van der Waals surface area contributed by atoms with Crippen LogP contribution in [-0.2, 0) is 9.53 Å². The Balaban J connectivity index is 2.14. The second-order valence-electron chi connectivity index (χ2n) is 3.38. The van der Waals surface area contributed by atoms with Gasteiger partial charge in [0, 0.05) is 13.1 Å². The minimum Gasteiger partial charge on any atom is -0.368 e. The van der Waals surface area contributed by atoms with Gasteiger partial charge in [0.05, 0.1) is 18.7 Å². The Morgan fingerprint density at radius 1 is 1.86 bits per heavy atom. The molecule has 0 aliphatic carbocycles. The van der Waals surface area contributed by atoms with Crippen molar-refractivity contribution in [1.29, 1.82) is 5.26 Å². The van der Waals surface area contributed by atoms with Crippen LogP contribution < -0.4 is 5.73 Å². The highest BCUT2D eigenvalue weighted by atomic mass is 16.5. The zero-order chi connectivity index (χ0) is 10.6. The van der Waals surface area contributed by atoms with Gasteiger partial charge in [-0.2, -0.15) is 5.26 Å². The minimum absolute atomic E-state index is 0.129. The standard InChI is InChI=1S/C9H15N3O2/c1-7(6-10)14-5-4-12-3-2-8(12)9(11)13/h7-8H,2-5H2,1H3,(H2,11,13). The smallest absolute Gasteiger partial charge is 0.234 e. The number of nitrogens with two attached hydrogens (primary N) is 1. The van der Waals surface area contributed by atoms with E-state index in [0.29, 0.717) is 13.2 Å². The molecule has 1 fully saturated rings. The number of hydrogen-bond donors (Lipinski definition) is 1. The lowest BCUT2D eigenvalue weighted by atomic mass is 10.0. The quantitative estimate of drug-likeness (QED) is 0.642. The van der Waals surface area contributed by atoms with Crippen molar-refractivity contribution in [3.05, 3.63) is 0 Å². The van der Waals surface area contributed by atoms with Crippen molar-refractivity contribution in [3.8, 4) is 6.07 Å². The summed E-state index contributed by atoms with van der Waals surface area (Å²) in [5.74, 6) is -0.274. The topological polar surface area (TPSA) is 79.3 Å². The lowest BCUT2D eigenvalue weighted by molar-refractivity contribution is -0.128. The Morgan fingerprint density at radius 3 is 3.00 bits per heavy atom. The van der Waals surface area contributed by atoms with Crippen molar-refractivity contribution in [2.24, 2.45) is 5.73 Å². The lowest BCUT2D eigenvalue weighted by Crippen LogP contribution is -2.55. The molecule has 0 aromatic carbocycles. The van der Waals surface area contributed by atoms with Gasteiger partial charge >= 0.3 is 0 Å². The van der Waals surface area contributed by atoms with E-state index in [4.69, 9.17) is 15.7 Å². The van der Waals surface area contributed by atoms with Gasteiger partial charge in [0.2, 0.25) is 5.91 Å². The van der Waals surface area contributed by atoms with Crippen LogP contribution in [0, 0.1) is 11.3 Å². The first-order valence-electron chi connectivity index (χ1n) is 4.69. The summed E-state index contributed by atoms with van der Waals surface area (Å²) in [6.45, 7) is 3.72. The Kier molecular flexibility index (Phi) is 3.86. The summed E-state index contributed by atoms with van der Waals surface area (Å²) < 4.78 is 5.17. The summed E-state index contributed by atoms with van der Waals surface area (Å²) in [5, 5.41) is 8.45. The fourth-order valence-corrected chi connectivity index (χ4v) is 1.41. The molecule has 1 saturated heterocycles. The predicted molar refractivity (Wildman–Crippen MR) is 50.2 cm³/mol. The molecule has 2 N–H and O–H groups in total. The van der Waals surface area contributed by atoms with Crippen LogP contribution in [0.3, 0.4) is 0 Å². The number of likely N-dealkylation sites (tertiary alicyclic amines) is 1. The molecule has 78 valence electrons. The van der Waals surface area contributed by atoms with Crippen LogP contribution in [0.4, 0.5) is 0 Å². The maximum Gasteiger partial charge on any atom is 0.234 e. The summed E-state index contributed by atoms with van der Waals surface area (Å²) in [7, 11) is 0. The summed E-state index contributed by atoms with van der Waals surface area (Å²) >= 11 is 0. The van der Waals surface area contributed by atoms with Crippen LogP contribution in [0.2, 0.25) is 0 Å². The molecule has 1 amide bonds. The molecule has 5 heteroatoms. The van der Waals surface area contributed by atoms with Gasteiger partial charge in [-0.25, -0.2) is 0 Å². The van der Waals surface area contributed by atoms with Crippen LogP contribution in [0.1, 0.15) is 13.3 Å². The van der Waals surface area contributed by atoms with Gasteiger partial charge in [0.15, 0.2) is 0 Å². The Bertz CT molecular complexity index is 249. The highest BCUT2D eigenvalue weighted by molar-refractivity contribution is 5.80. The first kappa shape index (κ1) is 11.0. The molecule has 1 aliphatic heterocycles. The number of nitrogens with zero attached hydrogens (tertiary/aromatic N) is 2. The van der Waals surface area contributed by atoms with Gasteiger partial charge in [0.25, 0.3) is 0 Å². The summed E-state index contributed by atoms with van der Waals surface area (Å²) in [6, 6.07) is 1.85. The average Bonchev–Trinajstić information content (AvgIpc) is 2.08.